The monoisotopic (exact) mass is 472 g/mol. The number of hydrogen-bond donors (Lipinski definition) is 0. The van der Waals surface area contributed by atoms with Gasteiger partial charge < -0.3 is 9.64 Å². The molecule has 178 valence electrons. The average molecular weight is 473 g/mol. The number of morpholine rings is 1. The molecule has 0 radical (unpaired) electrons. The number of nitriles is 1. The lowest BCUT2D eigenvalue weighted by atomic mass is 9.92. The zero-order valence-corrected chi connectivity index (χ0v) is 20.4. The van der Waals surface area contributed by atoms with Crippen molar-refractivity contribution in [3.8, 4) is 28.3 Å². The third kappa shape index (κ3) is 4.14. The van der Waals surface area contributed by atoms with E-state index in [9.17, 15) is 0 Å². The summed E-state index contributed by atoms with van der Waals surface area (Å²) in [4.78, 5) is 12.1. The molecule has 1 aliphatic carbocycles. The molecule has 5 nitrogen and oxygen atoms in total. The van der Waals surface area contributed by atoms with Crippen LogP contribution >= 0.6 is 0 Å². The van der Waals surface area contributed by atoms with Gasteiger partial charge in [-0.25, -0.2) is 4.98 Å². The van der Waals surface area contributed by atoms with Crippen LogP contribution < -0.4 is 4.90 Å². The van der Waals surface area contributed by atoms with Gasteiger partial charge in [-0.05, 0) is 61.1 Å². The van der Waals surface area contributed by atoms with Gasteiger partial charge in [-0.3, -0.25) is 4.98 Å². The summed E-state index contributed by atoms with van der Waals surface area (Å²) in [5, 5.41) is 10.4. The number of ether oxygens (including phenoxy) is 1. The topological polar surface area (TPSA) is 62.0 Å². The first kappa shape index (κ1) is 22.5. The van der Waals surface area contributed by atoms with Crippen LogP contribution in [-0.2, 0) is 4.74 Å². The number of nitrogens with zero attached hydrogens (tertiary/aromatic N) is 4. The normalized spacial score (nSPS) is 19.7. The molecule has 2 atom stereocenters. The van der Waals surface area contributed by atoms with Crippen LogP contribution in [0.1, 0.15) is 36.8 Å². The number of anilines is 1. The van der Waals surface area contributed by atoms with E-state index in [4.69, 9.17) is 20.0 Å². The fraction of sp³-hybridized carbons (Fsp3) is 0.258. The highest BCUT2D eigenvalue weighted by atomic mass is 16.5. The van der Waals surface area contributed by atoms with Gasteiger partial charge in [0.05, 0.1) is 29.4 Å². The number of aromatic nitrogens is 2. The summed E-state index contributed by atoms with van der Waals surface area (Å²) in [6.07, 6.45) is 8.43. The highest BCUT2D eigenvalue weighted by molar-refractivity contribution is 5.98. The van der Waals surface area contributed by atoms with Gasteiger partial charge in [0.15, 0.2) is 0 Å². The van der Waals surface area contributed by atoms with Crippen LogP contribution in [0.2, 0.25) is 0 Å². The fourth-order valence-corrected chi connectivity index (χ4v) is 5.28. The van der Waals surface area contributed by atoms with Gasteiger partial charge in [0, 0.05) is 47.6 Å². The fourth-order valence-electron chi connectivity index (χ4n) is 5.28. The van der Waals surface area contributed by atoms with Gasteiger partial charge in [0.25, 0.3) is 0 Å². The lowest BCUT2D eigenvalue weighted by Gasteiger charge is -2.36. The SMILES string of the molecule is C=C[C@H]1CN(c2ccc(-c3cnc4c(-c5ccc(C#N)cc5)cccc4c3C3CC3)cn2)C[C@H](C)O1. The lowest BCUT2D eigenvalue weighted by molar-refractivity contribution is 0.0102. The maximum absolute atomic E-state index is 9.16. The van der Waals surface area contributed by atoms with Gasteiger partial charge in [-0.15, -0.1) is 6.58 Å². The Balaban J connectivity index is 1.39. The molecule has 1 aliphatic heterocycles. The summed E-state index contributed by atoms with van der Waals surface area (Å²) >= 11 is 0. The van der Waals surface area contributed by atoms with E-state index in [1.807, 2.05) is 42.7 Å². The molecule has 0 unspecified atom stereocenters. The van der Waals surface area contributed by atoms with Crippen molar-refractivity contribution in [2.75, 3.05) is 18.0 Å². The van der Waals surface area contributed by atoms with E-state index in [2.05, 4.69) is 54.8 Å². The van der Waals surface area contributed by atoms with Crippen molar-refractivity contribution in [1.29, 1.82) is 5.26 Å². The minimum absolute atomic E-state index is 0.0201. The Kier molecular flexibility index (Phi) is 5.75. The van der Waals surface area contributed by atoms with Crippen LogP contribution in [0.3, 0.4) is 0 Å². The van der Waals surface area contributed by atoms with E-state index < -0.39 is 0 Å². The second-order valence-corrected chi connectivity index (χ2v) is 9.78. The Hall–Kier alpha value is -4.01. The molecule has 4 aromatic rings. The van der Waals surface area contributed by atoms with Crippen molar-refractivity contribution in [1.82, 2.24) is 9.97 Å². The molecule has 0 amide bonds. The first-order chi connectivity index (χ1) is 17.6. The molecular weight excluding hydrogens is 444 g/mol. The Morgan fingerprint density at radius 2 is 1.78 bits per heavy atom. The predicted octanol–water partition coefficient (Wildman–Crippen LogP) is 6.49. The molecule has 2 fully saturated rings. The van der Waals surface area contributed by atoms with E-state index in [1.54, 1.807) is 0 Å². The van der Waals surface area contributed by atoms with Gasteiger partial charge in [0.2, 0.25) is 0 Å². The predicted molar refractivity (Wildman–Crippen MR) is 144 cm³/mol. The highest BCUT2D eigenvalue weighted by Crippen LogP contribution is 2.48. The van der Waals surface area contributed by atoms with Crippen molar-refractivity contribution in [2.45, 2.75) is 37.9 Å². The number of hydrogen-bond acceptors (Lipinski definition) is 5. The minimum Gasteiger partial charge on any atom is -0.368 e. The number of benzene rings is 2. The summed E-state index contributed by atoms with van der Waals surface area (Å²) in [7, 11) is 0. The minimum atomic E-state index is 0.0201. The molecule has 2 aromatic carbocycles. The summed E-state index contributed by atoms with van der Waals surface area (Å²) < 4.78 is 5.91. The van der Waals surface area contributed by atoms with Crippen molar-refractivity contribution < 1.29 is 4.74 Å². The van der Waals surface area contributed by atoms with E-state index in [0.29, 0.717) is 11.5 Å². The first-order valence-corrected chi connectivity index (χ1v) is 12.6. The highest BCUT2D eigenvalue weighted by Gasteiger charge is 2.30. The van der Waals surface area contributed by atoms with E-state index in [-0.39, 0.29) is 12.2 Å². The second-order valence-electron chi connectivity index (χ2n) is 9.78. The molecule has 6 rings (SSSR count). The molecule has 1 saturated heterocycles. The van der Waals surface area contributed by atoms with Crippen molar-refractivity contribution in [3.63, 3.8) is 0 Å². The van der Waals surface area contributed by atoms with Gasteiger partial charge in [-0.2, -0.15) is 5.26 Å². The maximum Gasteiger partial charge on any atom is 0.128 e. The zero-order valence-electron chi connectivity index (χ0n) is 20.4. The van der Waals surface area contributed by atoms with Gasteiger partial charge in [0.1, 0.15) is 5.82 Å². The van der Waals surface area contributed by atoms with E-state index in [1.165, 1.54) is 29.4 Å². The number of rotatable bonds is 5. The molecule has 3 heterocycles. The van der Waals surface area contributed by atoms with Crippen LogP contribution in [0.5, 0.6) is 0 Å². The molecule has 0 bridgehead atoms. The molecule has 1 saturated carbocycles. The molecule has 0 N–H and O–H groups in total. The summed E-state index contributed by atoms with van der Waals surface area (Å²) in [6.45, 7) is 7.57. The Bertz CT molecular complexity index is 1470. The number of pyridine rings is 2. The molecule has 0 spiro atoms. The zero-order chi connectivity index (χ0) is 24.6. The molecule has 5 heteroatoms. The summed E-state index contributed by atoms with van der Waals surface area (Å²) in [5.41, 5.74) is 7.48. The average Bonchev–Trinajstić information content (AvgIpc) is 3.77. The van der Waals surface area contributed by atoms with Crippen molar-refractivity contribution in [2.24, 2.45) is 0 Å². The van der Waals surface area contributed by atoms with Gasteiger partial charge in [-0.1, -0.05) is 36.4 Å². The lowest BCUT2D eigenvalue weighted by Crippen LogP contribution is -2.46. The van der Waals surface area contributed by atoms with Crippen LogP contribution in [0.15, 0.2) is 79.6 Å². The third-order valence-corrected chi connectivity index (χ3v) is 7.18. The second kappa shape index (κ2) is 9.22. The van der Waals surface area contributed by atoms with Crippen molar-refractivity contribution >= 4 is 16.7 Å². The Morgan fingerprint density at radius 1 is 0.972 bits per heavy atom. The van der Waals surface area contributed by atoms with E-state index in [0.717, 1.165) is 41.1 Å². The molecule has 36 heavy (non-hydrogen) atoms. The molecule has 2 aromatic heterocycles. The van der Waals surface area contributed by atoms with Crippen LogP contribution in [0.4, 0.5) is 5.82 Å². The van der Waals surface area contributed by atoms with Crippen LogP contribution in [-0.4, -0.2) is 35.3 Å². The molecule has 2 aliphatic rings. The Morgan fingerprint density at radius 3 is 2.47 bits per heavy atom. The summed E-state index contributed by atoms with van der Waals surface area (Å²) in [6, 6.07) is 20.6. The van der Waals surface area contributed by atoms with Crippen LogP contribution in [0, 0.1) is 11.3 Å². The smallest absolute Gasteiger partial charge is 0.128 e. The third-order valence-electron chi connectivity index (χ3n) is 7.18. The van der Waals surface area contributed by atoms with Crippen molar-refractivity contribution in [3.05, 3.63) is 90.8 Å². The number of para-hydroxylation sites is 1. The quantitative estimate of drug-likeness (QED) is 0.311. The van der Waals surface area contributed by atoms with Gasteiger partial charge >= 0.3 is 0 Å². The maximum atomic E-state index is 9.16. The molecular formula is C31H28N4O. The number of fused-ring (bicyclic) bond motifs is 1. The summed E-state index contributed by atoms with van der Waals surface area (Å²) in [5.74, 6) is 1.51. The Labute approximate surface area is 211 Å². The first-order valence-electron chi connectivity index (χ1n) is 12.6. The largest absolute Gasteiger partial charge is 0.368 e. The standard InChI is InChI=1S/C31H28N4O/c1-3-25-19-35(18-20(2)36-25)29-14-13-24(16-33-29)28-17-34-31-26(22-9-7-21(15-32)8-10-22)5-4-6-27(31)30(28)23-11-12-23/h3-10,13-14,16-17,20,23,25H,1,11-12,18-19H2,2H3/t20-,25-/m0/s1. The van der Waals surface area contributed by atoms with Crippen LogP contribution in [0.25, 0.3) is 33.2 Å². The van der Waals surface area contributed by atoms with E-state index >= 15 is 0 Å².